The number of aryl methyl sites for hydroxylation is 1. The van der Waals surface area contributed by atoms with Crippen LogP contribution in [-0.2, 0) is 0 Å². The molecule has 7 heteroatoms. The van der Waals surface area contributed by atoms with Crippen LogP contribution in [0.2, 0.25) is 0 Å². The molecule has 2 heterocycles. The first kappa shape index (κ1) is 20.9. The third kappa shape index (κ3) is 3.72. The average Bonchev–Trinajstić information content (AvgIpc) is 3.17. The van der Waals surface area contributed by atoms with E-state index in [0.29, 0.717) is 12.1 Å². The summed E-state index contributed by atoms with van der Waals surface area (Å²) in [6, 6.07) is 7.00. The van der Waals surface area contributed by atoms with Gasteiger partial charge in [-0.2, -0.15) is 0 Å². The number of hydrogen-bond acceptors (Lipinski definition) is 4. The topological polar surface area (TPSA) is 49.6 Å². The molecule has 0 unspecified atom stereocenters. The van der Waals surface area contributed by atoms with E-state index >= 15 is 0 Å². The Hall–Kier alpha value is -1.79. The number of carbonyl (C=O) groups excluding carboxylic acids is 1. The predicted octanol–water partition coefficient (Wildman–Crippen LogP) is 5.50. The van der Waals surface area contributed by atoms with Crippen LogP contribution < -0.4 is 5.32 Å². The first-order valence-corrected chi connectivity index (χ1v) is 10.7. The van der Waals surface area contributed by atoms with Crippen LogP contribution in [0.15, 0.2) is 18.2 Å². The predicted molar refractivity (Wildman–Crippen MR) is 120 cm³/mol. The van der Waals surface area contributed by atoms with Crippen molar-refractivity contribution in [1.29, 1.82) is 0 Å². The minimum absolute atomic E-state index is 0. The summed E-state index contributed by atoms with van der Waals surface area (Å²) in [4.78, 5) is 21.6. The molecular weight excluding hydrogens is 392 g/mol. The monoisotopic (exact) mass is 420 g/mol. The summed E-state index contributed by atoms with van der Waals surface area (Å²) in [6.45, 7) is 6.29. The third-order valence-electron chi connectivity index (χ3n) is 5.57. The largest absolute Gasteiger partial charge is 0.383 e. The number of rotatable bonds is 4. The van der Waals surface area contributed by atoms with E-state index in [1.807, 2.05) is 18.9 Å². The number of hydrogen-bond donors (Lipinski definition) is 1. The van der Waals surface area contributed by atoms with E-state index < -0.39 is 0 Å². The standard InChI is InChI=1S/C21H28N4OS.ClH/c1-13(2)22-15-10-11-17-18(12-15)25-14(3)19(27-21(25)23-17)20(26)24(4)16-8-6-5-7-9-16;/h10-13,16,22H,5-9H2,1-4H3;1H. The smallest absolute Gasteiger partial charge is 0.265 e. The molecule has 0 saturated heterocycles. The van der Waals surface area contributed by atoms with Gasteiger partial charge in [0.25, 0.3) is 5.91 Å². The summed E-state index contributed by atoms with van der Waals surface area (Å²) >= 11 is 1.51. The third-order valence-corrected chi connectivity index (χ3v) is 6.70. The van der Waals surface area contributed by atoms with Gasteiger partial charge in [-0.1, -0.05) is 30.6 Å². The first-order chi connectivity index (χ1) is 13.0. The molecule has 152 valence electrons. The summed E-state index contributed by atoms with van der Waals surface area (Å²) < 4.78 is 2.13. The summed E-state index contributed by atoms with van der Waals surface area (Å²) in [6.07, 6.45) is 5.99. The van der Waals surface area contributed by atoms with Crippen molar-refractivity contribution in [1.82, 2.24) is 14.3 Å². The molecular formula is C21H29ClN4OS. The minimum atomic E-state index is 0. The Kier molecular flexibility index (Phi) is 6.20. The number of halogens is 1. The van der Waals surface area contributed by atoms with Crippen molar-refractivity contribution in [2.75, 3.05) is 12.4 Å². The van der Waals surface area contributed by atoms with Gasteiger partial charge in [-0.3, -0.25) is 9.20 Å². The average molecular weight is 421 g/mol. The number of imidazole rings is 1. The van der Waals surface area contributed by atoms with E-state index in [0.717, 1.165) is 45.1 Å². The molecule has 2 aromatic heterocycles. The molecule has 4 rings (SSSR count). The highest BCUT2D eigenvalue weighted by atomic mass is 35.5. The lowest BCUT2D eigenvalue weighted by Crippen LogP contribution is -2.38. The lowest BCUT2D eigenvalue weighted by Gasteiger charge is -2.31. The molecule has 0 spiro atoms. The molecule has 0 aliphatic heterocycles. The molecule has 1 aliphatic rings. The Morgan fingerprint density at radius 3 is 2.68 bits per heavy atom. The second-order valence-electron chi connectivity index (χ2n) is 7.96. The molecule has 0 bridgehead atoms. The molecule has 5 nitrogen and oxygen atoms in total. The van der Waals surface area contributed by atoms with Crippen LogP contribution in [0, 0.1) is 6.92 Å². The van der Waals surface area contributed by atoms with E-state index in [-0.39, 0.29) is 18.3 Å². The molecule has 1 N–H and O–H groups in total. The van der Waals surface area contributed by atoms with Gasteiger partial charge >= 0.3 is 0 Å². The highest BCUT2D eigenvalue weighted by molar-refractivity contribution is 7.19. The van der Waals surface area contributed by atoms with E-state index in [4.69, 9.17) is 4.98 Å². The van der Waals surface area contributed by atoms with Crippen molar-refractivity contribution in [3.63, 3.8) is 0 Å². The van der Waals surface area contributed by atoms with Gasteiger partial charge in [0.2, 0.25) is 0 Å². The Labute approximate surface area is 176 Å². The number of aromatic nitrogens is 2. The molecule has 3 aromatic rings. The molecule has 1 aromatic carbocycles. The second kappa shape index (κ2) is 8.29. The number of benzene rings is 1. The van der Waals surface area contributed by atoms with Crippen molar-refractivity contribution in [2.24, 2.45) is 0 Å². The van der Waals surface area contributed by atoms with Crippen LogP contribution >= 0.6 is 23.7 Å². The van der Waals surface area contributed by atoms with E-state index in [1.165, 1.54) is 30.6 Å². The first-order valence-electron chi connectivity index (χ1n) is 9.91. The van der Waals surface area contributed by atoms with Gasteiger partial charge < -0.3 is 10.2 Å². The van der Waals surface area contributed by atoms with Gasteiger partial charge in [-0.25, -0.2) is 4.98 Å². The Bertz CT molecular complexity index is 987. The second-order valence-corrected chi connectivity index (χ2v) is 8.93. The van der Waals surface area contributed by atoms with Gasteiger partial charge in [0.05, 0.1) is 11.0 Å². The fourth-order valence-electron chi connectivity index (χ4n) is 4.13. The fourth-order valence-corrected chi connectivity index (χ4v) is 5.25. The van der Waals surface area contributed by atoms with Crippen molar-refractivity contribution < 1.29 is 4.79 Å². The number of fused-ring (bicyclic) bond motifs is 3. The number of anilines is 1. The maximum absolute atomic E-state index is 13.2. The Morgan fingerprint density at radius 2 is 2.00 bits per heavy atom. The summed E-state index contributed by atoms with van der Waals surface area (Å²) in [5, 5.41) is 3.45. The van der Waals surface area contributed by atoms with E-state index in [9.17, 15) is 4.79 Å². The summed E-state index contributed by atoms with van der Waals surface area (Å²) in [7, 11) is 1.96. The maximum Gasteiger partial charge on any atom is 0.265 e. The van der Waals surface area contributed by atoms with Gasteiger partial charge in [0, 0.05) is 30.5 Å². The molecule has 1 aliphatic carbocycles. The molecule has 0 atom stereocenters. The number of carbonyl (C=O) groups is 1. The molecule has 0 radical (unpaired) electrons. The molecule has 1 fully saturated rings. The van der Waals surface area contributed by atoms with Crippen LogP contribution in [0.25, 0.3) is 16.0 Å². The van der Waals surface area contributed by atoms with Gasteiger partial charge in [0.15, 0.2) is 4.96 Å². The normalized spacial score (nSPS) is 15.2. The maximum atomic E-state index is 13.2. The number of amides is 1. The van der Waals surface area contributed by atoms with Crippen LogP contribution in [-0.4, -0.2) is 39.3 Å². The quantitative estimate of drug-likeness (QED) is 0.605. The summed E-state index contributed by atoms with van der Waals surface area (Å²) in [5.74, 6) is 0.138. The van der Waals surface area contributed by atoms with Crippen LogP contribution in [0.5, 0.6) is 0 Å². The van der Waals surface area contributed by atoms with Crippen LogP contribution in [0.4, 0.5) is 5.69 Å². The van der Waals surface area contributed by atoms with Crippen molar-refractivity contribution in [2.45, 2.75) is 65.0 Å². The molecule has 1 amide bonds. The lowest BCUT2D eigenvalue weighted by molar-refractivity contribution is 0.0700. The van der Waals surface area contributed by atoms with Crippen LogP contribution in [0.1, 0.15) is 61.3 Å². The minimum Gasteiger partial charge on any atom is -0.383 e. The van der Waals surface area contributed by atoms with Crippen molar-refractivity contribution >= 4 is 51.3 Å². The lowest BCUT2D eigenvalue weighted by atomic mass is 9.94. The van der Waals surface area contributed by atoms with Gasteiger partial charge in [-0.15, -0.1) is 12.4 Å². The zero-order chi connectivity index (χ0) is 19.1. The fraction of sp³-hybridized carbons (Fsp3) is 0.524. The van der Waals surface area contributed by atoms with E-state index in [1.54, 1.807) is 0 Å². The SMILES string of the molecule is Cc1c(C(=O)N(C)C2CCCCC2)sc2nc3ccc(NC(C)C)cc3n12.Cl. The zero-order valence-corrected chi connectivity index (χ0v) is 18.6. The Balaban J connectivity index is 0.00000225. The highest BCUT2D eigenvalue weighted by Crippen LogP contribution is 2.31. The van der Waals surface area contributed by atoms with Gasteiger partial charge in [0.1, 0.15) is 4.88 Å². The highest BCUT2D eigenvalue weighted by Gasteiger charge is 2.27. The molecule has 28 heavy (non-hydrogen) atoms. The van der Waals surface area contributed by atoms with Gasteiger partial charge in [-0.05, 0) is 51.8 Å². The van der Waals surface area contributed by atoms with Crippen molar-refractivity contribution in [3.05, 3.63) is 28.8 Å². The Morgan fingerprint density at radius 1 is 1.29 bits per heavy atom. The number of thiazole rings is 1. The summed E-state index contributed by atoms with van der Waals surface area (Å²) in [5.41, 5.74) is 4.10. The number of nitrogens with zero attached hydrogens (tertiary/aromatic N) is 3. The zero-order valence-electron chi connectivity index (χ0n) is 17.0. The van der Waals surface area contributed by atoms with E-state index in [2.05, 4.69) is 41.8 Å². The molecule has 1 saturated carbocycles. The van der Waals surface area contributed by atoms with Crippen LogP contribution in [0.3, 0.4) is 0 Å². The number of nitrogens with one attached hydrogen (secondary N) is 1. The van der Waals surface area contributed by atoms with Crippen molar-refractivity contribution in [3.8, 4) is 0 Å².